The van der Waals surface area contributed by atoms with E-state index < -0.39 is 12.2 Å². The molecule has 1 atom stereocenters. The minimum Gasteiger partial charge on any atom is -0.494 e. The van der Waals surface area contributed by atoms with Gasteiger partial charge < -0.3 is 10.1 Å². The molecule has 1 aromatic rings. The minimum atomic E-state index is -4.29. The number of rotatable bonds is 4. The molecule has 1 N–H and O–H groups in total. The molecule has 0 aliphatic carbocycles. The predicted octanol–water partition coefficient (Wildman–Crippen LogP) is 2.59. The summed E-state index contributed by atoms with van der Waals surface area (Å²) in [6, 6.07) is 4.73. The molecule has 3 nitrogen and oxygen atoms in total. The van der Waals surface area contributed by atoms with Crippen LogP contribution in [0.2, 0.25) is 0 Å². The van der Waals surface area contributed by atoms with Crippen LogP contribution < -0.4 is 10.1 Å². The Morgan fingerprint density at radius 1 is 1.30 bits per heavy atom. The molecule has 0 unspecified atom stereocenters. The van der Waals surface area contributed by atoms with Crippen LogP contribution in [0.3, 0.4) is 0 Å². The van der Waals surface area contributed by atoms with Gasteiger partial charge in [-0.05, 0) is 24.6 Å². The van der Waals surface area contributed by atoms with Gasteiger partial charge in [0, 0.05) is 26.2 Å². The highest BCUT2D eigenvalue weighted by Gasteiger charge is 2.44. The fourth-order valence-corrected chi connectivity index (χ4v) is 2.49. The maximum atomic E-state index is 13.4. The van der Waals surface area contributed by atoms with Crippen molar-refractivity contribution in [3.8, 4) is 5.75 Å². The molecular weight excluding hydrogens is 269 g/mol. The van der Waals surface area contributed by atoms with Crippen molar-refractivity contribution < 1.29 is 17.9 Å². The summed E-state index contributed by atoms with van der Waals surface area (Å²) in [7, 11) is 0. The van der Waals surface area contributed by atoms with Gasteiger partial charge in [0.05, 0.1) is 6.61 Å². The standard InChI is InChI=1S/C14H19F3N2O/c1-2-20-12-5-3-4-11(10-12)13(14(15,16)17)19-8-6-18-7-9-19/h3-5,10,13,18H,2,6-9H2,1H3/t13-/m1/s1. The summed E-state index contributed by atoms with van der Waals surface area (Å²) in [5.41, 5.74) is 0.241. The van der Waals surface area contributed by atoms with Gasteiger partial charge in [-0.1, -0.05) is 12.1 Å². The van der Waals surface area contributed by atoms with Crippen molar-refractivity contribution in [1.82, 2.24) is 10.2 Å². The Hall–Kier alpha value is -1.27. The lowest BCUT2D eigenvalue weighted by Crippen LogP contribution is -2.49. The van der Waals surface area contributed by atoms with Crippen LogP contribution in [0.15, 0.2) is 24.3 Å². The van der Waals surface area contributed by atoms with E-state index in [0.29, 0.717) is 38.5 Å². The Bertz CT molecular complexity index is 431. The van der Waals surface area contributed by atoms with Gasteiger partial charge in [0.15, 0.2) is 0 Å². The number of ether oxygens (including phenoxy) is 1. The molecule has 1 heterocycles. The zero-order valence-electron chi connectivity index (χ0n) is 11.4. The topological polar surface area (TPSA) is 24.5 Å². The summed E-state index contributed by atoms with van der Waals surface area (Å²) >= 11 is 0. The van der Waals surface area contributed by atoms with Crippen LogP contribution in [0.4, 0.5) is 13.2 Å². The number of piperazine rings is 1. The van der Waals surface area contributed by atoms with E-state index in [1.54, 1.807) is 12.1 Å². The molecule has 2 rings (SSSR count). The number of halogens is 3. The van der Waals surface area contributed by atoms with Crippen LogP contribution in [-0.2, 0) is 0 Å². The summed E-state index contributed by atoms with van der Waals surface area (Å²) in [4.78, 5) is 1.47. The second kappa shape index (κ2) is 6.45. The normalized spacial score (nSPS) is 18.8. The highest BCUT2D eigenvalue weighted by atomic mass is 19.4. The first-order valence-electron chi connectivity index (χ1n) is 6.76. The molecule has 0 amide bonds. The lowest BCUT2D eigenvalue weighted by atomic mass is 10.0. The number of nitrogens with zero attached hydrogens (tertiary/aromatic N) is 1. The van der Waals surface area contributed by atoms with Gasteiger partial charge in [-0.15, -0.1) is 0 Å². The zero-order valence-corrected chi connectivity index (χ0v) is 11.4. The molecule has 1 fully saturated rings. The lowest BCUT2D eigenvalue weighted by Gasteiger charge is -2.36. The quantitative estimate of drug-likeness (QED) is 0.921. The van der Waals surface area contributed by atoms with Gasteiger partial charge in [-0.25, -0.2) is 0 Å². The first-order chi connectivity index (χ1) is 9.52. The highest BCUT2D eigenvalue weighted by molar-refractivity contribution is 5.31. The van der Waals surface area contributed by atoms with E-state index in [9.17, 15) is 13.2 Å². The van der Waals surface area contributed by atoms with Crippen LogP contribution in [0, 0.1) is 0 Å². The molecule has 0 aromatic heterocycles. The monoisotopic (exact) mass is 288 g/mol. The maximum absolute atomic E-state index is 13.4. The Morgan fingerprint density at radius 3 is 2.60 bits per heavy atom. The van der Waals surface area contributed by atoms with Crippen molar-refractivity contribution in [3.63, 3.8) is 0 Å². The van der Waals surface area contributed by atoms with Crippen LogP contribution >= 0.6 is 0 Å². The van der Waals surface area contributed by atoms with E-state index in [1.165, 1.54) is 17.0 Å². The Morgan fingerprint density at radius 2 is 2.00 bits per heavy atom. The molecule has 0 spiro atoms. The number of nitrogens with one attached hydrogen (secondary N) is 1. The Kier molecular flexibility index (Phi) is 4.88. The van der Waals surface area contributed by atoms with Gasteiger partial charge in [0.2, 0.25) is 0 Å². The second-order valence-corrected chi connectivity index (χ2v) is 4.74. The molecule has 6 heteroatoms. The Balaban J connectivity index is 2.28. The molecule has 20 heavy (non-hydrogen) atoms. The van der Waals surface area contributed by atoms with E-state index in [1.807, 2.05) is 6.92 Å². The number of benzene rings is 1. The van der Waals surface area contributed by atoms with E-state index in [-0.39, 0.29) is 5.56 Å². The fourth-order valence-electron chi connectivity index (χ4n) is 2.49. The van der Waals surface area contributed by atoms with Crippen molar-refractivity contribution >= 4 is 0 Å². The van der Waals surface area contributed by atoms with Crippen LogP contribution in [0.5, 0.6) is 5.75 Å². The van der Waals surface area contributed by atoms with Crippen LogP contribution in [-0.4, -0.2) is 43.9 Å². The SMILES string of the molecule is CCOc1cccc([C@@H](N2CCNCC2)C(F)(F)F)c1. The fraction of sp³-hybridized carbons (Fsp3) is 0.571. The zero-order chi connectivity index (χ0) is 14.6. The van der Waals surface area contributed by atoms with E-state index in [4.69, 9.17) is 4.74 Å². The van der Waals surface area contributed by atoms with Crippen LogP contribution in [0.1, 0.15) is 18.5 Å². The maximum Gasteiger partial charge on any atom is 0.408 e. The summed E-state index contributed by atoms with van der Waals surface area (Å²) in [5, 5.41) is 3.07. The van der Waals surface area contributed by atoms with Crippen molar-refractivity contribution in [3.05, 3.63) is 29.8 Å². The third-order valence-corrected chi connectivity index (χ3v) is 3.31. The second-order valence-electron chi connectivity index (χ2n) is 4.74. The third-order valence-electron chi connectivity index (χ3n) is 3.31. The molecule has 1 aliphatic heterocycles. The van der Waals surface area contributed by atoms with E-state index in [0.717, 1.165) is 0 Å². The van der Waals surface area contributed by atoms with E-state index in [2.05, 4.69) is 5.32 Å². The van der Waals surface area contributed by atoms with Gasteiger partial charge in [-0.3, -0.25) is 4.90 Å². The van der Waals surface area contributed by atoms with Gasteiger partial charge in [-0.2, -0.15) is 13.2 Å². The van der Waals surface area contributed by atoms with Crippen LogP contribution in [0.25, 0.3) is 0 Å². The predicted molar refractivity (Wildman–Crippen MR) is 70.8 cm³/mol. The smallest absolute Gasteiger partial charge is 0.408 e. The van der Waals surface area contributed by atoms with Gasteiger partial charge >= 0.3 is 6.18 Å². The molecule has 0 bridgehead atoms. The van der Waals surface area contributed by atoms with Crippen molar-refractivity contribution in [1.29, 1.82) is 0 Å². The molecule has 112 valence electrons. The van der Waals surface area contributed by atoms with Gasteiger partial charge in [0.1, 0.15) is 11.8 Å². The first kappa shape index (κ1) is 15.1. The average Bonchev–Trinajstić information content (AvgIpc) is 2.39. The van der Waals surface area contributed by atoms with Gasteiger partial charge in [0.25, 0.3) is 0 Å². The summed E-state index contributed by atoms with van der Waals surface area (Å²) in [5.74, 6) is 0.481. The summed E-state index contributed by atoms with van der Waals surface area (Å²) in [6.07, 6.45) is -4.29. The molecular formula is C14H19F3N2O. The number of alkyl halides is 3. The minimum absolute atomic E-state index is 0.241. The molecule has 1 saturated heterocycles. The Labute approximate surface area is 116 Å². The molecule has 0 radical (unpaired) electrons. The summed E-state index contributed by atoms with van der Waals surface area (Å²) in [6.45, 7) is 4.19. The largest absolute Gasteiger partial charge is 0.494 e. The molecule has 1 aliphatic rings. The molecule has 0 saturated carbocycles. The number of hydrogen-bond acceptors (Lipinski definition) is 3. The highest BCUT2D eigenvalue weighted by Crippen LogP contribution is 2.38. The van der Waals surface area contributed by atoms with Crippen molar-refractivity contribution in [2.75, 3.05) is 32.8 Å². The first-order valence-corrected chi connectivity index (χ1v) is 6.76. The average molecular weight is 288 g/mol. The summed E-state index contributed by atoms with van der Waals surface area (Å²) < 4.78 is 45.5. The lowest BCUT2D eigenvalue weighted by molar-refractivity contribution is -0.187. The van der Waals surface area contributed by atoms with E-state index >= 15 is 0 Å². The number of hydrogen-bond donors (Lipinski definition) is 1. The van der Waals surface area contributed by atoms with Crippen molar-refractivity contribution in [2.45, 2.75) is 19.1 Å². The molecule has 1 aromatic carbocycles. The van der Waals surface area contributed by atoms with Crippen molar-refractivity contribution in [2.24, 2.45) is 0 Å². The third kappa shape index (κ3) is 3.64.